The summed E-state index contributed by atoms with van der Waals surface area (Å²) in [5.41, 5.74) is 2.57. The van der Waals surface area contributed by atoms with Crippen LogP contribution in [0.15, 0.2) is 72.8 Å². The summed E-state index contributed by atoms with van der Waals surface area (Å²) in [6.07, 6.45) is -1.06. The van der Waals surface area contributed by atoms with E-state index in [2.05, 4.69) is 10.3 Å². The number of aliphatic hydroxyl groups excluding tert-OH is 1. The Bertz CT molecular complexity index is 1160. The summed E-state index contributed by atoms with van der Waals surface area (Å²) in [5, 5.41) is 13.6. The van der Waals surface area contributed by atoms with Crippen molar-refractivity contribution in [2.45, 2.75) is 12.5 Å². The number of hydrogen-bond acceptors (Lipinski definition) is 3. The van der Waals surface area contributed by atoms with E-state index in [0.717, 1.165) is 0 Å². The molecule has 0 unspecified atom stereocenters. The van der Waals surface area contributed by atoms with Crippen molar-refractivity contribution in [1.82, 2.24) is 9.55 Å². The lowest BCUT2D eigenvalue weighted by Crippen LogP contribution is -2.18. The molecule has 0 spiro atoms. The zero-order valence-electron chi connectivity index (χ0n) is 15.2. The quantitative estimate of drug-likeness (QED) is 0.493. The highest BCUT2D eigenvalue weighted by atomic mass is 35.5. The van der Waals surface area contributed by atoms with E-state index in [9.17, 15) is 14.3 Å². The summed E-state index contributed by atoms with van der Waals surface area (Å²) < 4.78 is 15.1. The molecule has 1 heterocycles. The fraction of sp³-hybridized carbons (Fsp3) is 0.0909. The first kappa shape index (κ1) is 19.1. The second-order valence-corrected chi connectivity index (χ2v) is 7.00. The summed E-state index contributed by atoms with van der Waals surface area (Å²) in [6, 6.07) is 20.0. The molecule has 0 aliphatic heterocycles. The molecule has 4 rings (SSSR count). The predicted molar refractivity (Wildman–Crippen MR) is 111 cm³/mol. The molecule has 7 heteroatoms. The zero-order valence-corrected chi connectivity index (χ0v) is 16.0. The maximum atomic E-state index is 13.4. The third-order valence-corrected chi connectivity index (χ3v) is 4.75. The lowest BCUT2D eigenvalue weighted by Gasteiger charge is -2.13. The Morgan fingerprint density at radius 3 is 2.55 bits per heavy atom. The van der Waals surface area contributed by atoms with E-state index in [0.29, 0.717) is 27.3 Å². The number of imidazole rings is 1. The first-order valence-electron chi connectivity index (χ1n) is 8.98. The smallest absolute Gasteiger partial charge is 0.229 e. The Balaban J connectivity index is 1.67. The van der Waals surface area contributed by atoms with Crippen molar-refractivity contribution >= 4 is 34.5 Å². The lowest BCUT2D eigenvalue weighted by atomic mass is 10.1. The van der Waals surface area contributed by atoms with Gasteiger partial charge in [-0.15, -0.1) is 0 Å². The Hall–Kier alpha value is -3.22. The van der Waals surface area contributed by atoms with Gasteiger partial charge in [0, 0.05) is 10.7 Å². The normalized spacial score (nSPS) is 12.1. The van der Waals surface area contributed by atoms with Gasteiger partial charge in [0.2, 0.25) is 11.9 Å². The predicted octanol–water partition coefficient (Wildman–Crippen LogP) is 4.88. The second-order valence-electron chi connectivity index (χ2n) is 6.56. The first-order valence-corrected chi connectivity index (χ1v) is 9.36. The van der Waals surface area contributed by atoms with E-state index in [1.54, 1.807) is 59.2 Å². The van der Waals surface area contributed by atoms with Crippen LogP contribution in [-0.2, 0) is 4.79 Å². The van der Waals surface area contributed by atoms with Crippen LogP contribution in [0, 0.1) is 5.82 Å². The van der Waals surface area contributed by atoms with Crippen molar-refractivity contribution in [3.05, 3.63) is 89.2 Å². The topological polar surface area (TPSA) is 67.2 Å². The van der Waals surface area contributed by atoms with Gasteiger partial charge in [-0.2, -0.15) is 0 Å². The molecule has 0 radical (unpaired) electrons. The molecule has 0 saturated carbocycles. The molecule has 4 aromatic rings. The standard InChI is InChI=1S/C22H17ClFN3O2/c23-15-6-11-18-19(12-15)27(17-9-7-16(24)8-10-17)22(25-18)26-21(29)13-20(28)14-4-2-1-3-5-14/h1-12,20,28H,13H2,(H,25,26,29)/t20-/m1/s1. The van der Waals surface area contributed by atoms with Crippen LogP contribution in [0.3, 0.4) is 0 Å². The minimum absolute atomic E-state index is 0.128. The number of amides is 1. The van der Waals surface area contributed by atoms with Crippen LogP contribution >= 0.6 is 11.6 Å². The molecule has 1 atom stereocenters. The highest BCUT2D eigenvalue weighted by molar-refractivity contribution is 6.31. The Labute approximate surface area is 171 Å². The van der Waals surface area contributed by atoms with Crippen LogP contribution in [0.1, 0.15) is 18.1 Å². The number of aliphatic hydroxyl groups is 1. The van der Waals surface area contributed by atoms with Gasteiger partial charge < -0.3 is 5.11 Å². The largest absolute Gasteiger partial charge is 0.388 e. The van der Waals surface area contributed by atoms with Crippen LogP contribution in [-0.4, -0.2) is 20.6 Å². The van der Waals surface area contributed by atoms with E-state index in [1.807, 2.05) is 6.07 Å². The molecular formula is C22H17ClFN3O2. The molecule has 0 saturated heterocycles. The number of nitrogens with one attached hydrogen (secondary N) is 1. The maximum absolute atomic E-state index is 13.4. The van der Waals surface area contributed by atoms with Crippen molar-refractivity contribution in [3.8, 4) is 5.69 Å². The van der Waals surface area contributed by atoms with Crippen molar-refractivity contribution in [2.24, 2.45) is 0 Å². The summed E-state index contributed by atoms with van der Waals surface area (Å²) in [5.74, 6) is -0.502. The first-order chi connectivity index (χ1) is 14.0. The summed E-state index contributed by atoms with van der Waals surface area (Å²) in [4.78, 5) is 17.0. The minimum atomic E-state index is -0.936. The van der Waals surface area contributed by atoms with Crippen molar-refractivity contribution in [3.63, 3.8) is 0 Å². The van der Waals surface area contributed by atoms with E-state index in [1.165, 1.54) is 12.1 Å². The van der Waals surface area contributed by atoms with Crippen LogP contribution < -0.4 is 5.32 Å². The molecule has 2 N–H and O–H groups in total. The SMILES string of the molecule is O=C(C[C@@H](O)c1ccccc1)Nc1nc2ccc(Cl)cc2n1-c1ccc(F)cc1. The van der Waals surface area contributed by atoms with Gasteiger partial charge >= 0.3 is 0 Å². The highest BCUT2D eigenvalue weighted by Gasteiger charge is 2.18. The molecule has 146 valence electrons. The number of nitrogens with zero attached hydrogens (tertiary/aromatic N) is 2. The second kappa shape index (κ2) is 8.03. The van der Waals surface area contributed by atoms with Crippen molar-refractivity contribution in [2.75, 3.05) is 5.32 Å². The van der Waals surface area contributed by atoms with Gasteiger partial charge in [0.1, 0.15) is 5.82 Å². The third-order valence-electron chi connectivity index (χ3n) is 4.52. The molecule has 1 amide bonds. The van der Waals surface area contributed by atoms with Crippen LogP contribution in [0.4, 0.5) is 10.3 Å². The lowest BCUT2D eigenvalue weighted by molar-refractivity contribution is -0.118. The van der Waals surface area contributed by atoms with Gasteiger partial charge in [0.15, 0.2) is 0 Å². The van der Waals surface area contributed by atoms with E-state index in [4.69, 9.17) is 11.6 Å². The van der Waals surface area contributed by atoms with Gasteiger partial charge in [-0.05, 0) is 48.0 Å². The molecule has 3 aromatic carbocycles. The van der Waals surface area contributed by atoms with Gasteiger partial charge in [-0.25, -0.2) is 9.37 Å². The number of aromatic nitrogens is 2. The average Bonchev–Trinajstić information content (AvgIpc) is 3.06. The van der Waals surface area contributed by atoms with Crippen LogP contribution in [0.5, 0.6) is 0 Å². The number of carbonyl (C=O) groups excluding carboxylic acids is 1. The Morgan fingerprint density at radius 1 is 1.10 bits per heavy atom. The third kappa shape index (κ3) is 4.13. The molecule has 0 aliphatic rings. The zero-order chi connectivity index (χ0) is 20.4. The number of halogens is 2. The average molecular weight is 410 g/mol. The fourth-order valence-electron chi connectivity index (χ4n) is 3.13. The van der Waals surface area contributed by atoms with Crippen molar-refractivity contribution < 1.29 is 14.3 Å². The van der Waals surface area contributed by atoms with E-state index < -0.39 is 12.0 Å². The summed E-state index contributed by atoms with van der Waals surface area (Å²) in [6.45, 7) is 0. The minimum Gasteiger partial charge on any atom is -0.388 e. The highest BCUT2D eigenvalue weighted by Crippen LogP contribution is 2.28. The molecule has 29 heavy (non-hydrogen) atoms. The molecule has 0 fully saturated rings. The molecule has 1 aromatic heterocycles. The Morgan fingerprint density at radius 2 is 1.83 bits per heavy atom. The van der Waals surface area contributed by atoms with Gasteiger partial charge in [0.25, 0.3) is 0 Å². The number of fused-ring (bicyclic) bond motifs is 1. The summed E-state index contributed by atoms with van der Waals surface area (Å²) >= 11 is 6.13. The number of hydrogen-bond donors (Lipinski definition) is 2. The van der Waals surface area contributed by atoms with Crippen LogP contribution in [0.25, 0.3) is 16.7 Å². The van der Waals surface area contributed by atoms with Crippen molar-refractivity contribution in [1.29, 1.82) is 0 Å². The van der Waals surface area contributed by atoms with E-state index in [-0.39, 0.29) is 18.2 Å². The fourth-order valence-corrected chi connectivity index (χ4v) is 3.29. The maximum Gasteiger partial charge on any atom is 0.229 e. The van der Waals surface area contributed by atoms with E-state index >= 15 is 0 Å². The molecule has 0 aliphatic carbocycles. The number of benzene rings is 3. The number of carbonyl (C=O) groups is 1. The monoisotopic (exact) mass is 409 g/mol. The molecule has 0 bridgehead atoms. The number of rotatable bonds is 5. The molecular weight excluding hydrogens is 393 g/mol. The van der Waals surface area contributed by atoms with Gasteiger partial charge in [0.05, 0.1) is 23.6 Å². The molecule has 5 nitrogen and oxygen atoms in total. The Kier molecular flexibility index (Phi) is 5.29. The van der Waals surface area contributed by atoms with Gasteiger partial charge in [-0.3, -0.25) is 14.7 Å². The summed E-state index contributed by atoms with van der Waals surface area (Å²) in [7, 11) is 0. The number of anilines is 1. The van der Waals surface area contributed by atoms with Crippen LogP contribution in [0.2, 0.25) is 5.02 Å². The van der Waals surface area contributed by atoms with Gasteiger partial charge in [-0.1, -0.05) is 41.9 Å².